The quantitative estimate of drug-likeness (QED) is 0.587. The van der Waals surface area contributed by atoms with Gasteiger partial charge >= 0.3 is 0 Å². The van der Waals surface area contributed by atoms with Crippen molar-refractivity contribution in [1.82, 2.24) is 0 Å². The molecule has 0 unspecified atom stereocenters. The molecule has 1 aromatic carbocycles. The van der Waals surface area contributed by atoms with Crippen LogP contribution in [-0.4, -0.2) is 31.1 Å². The molecule has 0 aromatic heterocycles. The van der Waals surface area contributed by atoms with Crippen LogP contribution in [0.15, 0.2) is 30.3 Å². The second kappa shape index (κ2) is 3.60. The summed E-state index contributed by atoms with van der Waals surface area (Å²) in [6.07, 6.45) is 3.42. The van der Waals surface area contributed by atoms with Gasteiger partial charge in [0, 0.05) is 6.42 Å². The highest BCUT2D eigenvalue weighted by atomic mass is 15.2. The van der Waals surface area contributed by atoms with Crippen molar-refractivity contribution in [3.8, 4) is 0 Å². The van der Waals surface area contributed by atoms with Gasteiger partial charge in [-0.05, 0) is 12.1 Å². The molecule has 0 amide bonds. The van der Waals surface area contributed by atoms with E-state index in [0.717, 1.165) is 6.54 Å². The zero-order chi connectivity index (χ0) is 9.10. The van der Waals surface area contributed by atoms with E-state index in [2.05, 4.69) is 53.2 Å². The lowest BCUT2D eigenvalue weighted by Crippen LogP contribution is -2.34. The van der Waals surface area contributed by atoms with Crippen LogP contribution < -0.4 is 4.90 Å². The van der Waals surface area contributed by atoms with E-state index in [-0.39, 0.29) is 0 Å². The third kappa shape index (κ3) is 1.89. The van der Waals surface area contributed by atoms with Gasteiger partial charge in [0.15, 0.2) is 0 Å². The Morgan fingerprint density at radius 2 is 2.00 bits per heavy atom. The molecule has 1 heterocycles. The van der Waals surface area contributed by atoms with Crippen molar-refractivity contribution in [2.24, 2.45) is 0 Å². The third-order valence-corrected chi connectivity index (χ3v) is 2.33. The van der Waals surface area contributed by atoms with E-state index in [4.69, 9.17) is 0 Å². The molecule has 13 heavy (non-hydrogen) atoms. The lowest BCUT2D eigenvalue weighted by Gasteiger charge is -2.18. The van der Waals surface area contributed by atoms with E-state index < -0.39 is 0 Å². The van der Waals surface area contributed by atoms with Crippen molar-refractivity contribution in [2.75, 3.05) is 25.0 Å². The Labute approximate surface area is 79.1 Å². The Kier molecular flexibility index (Phi) is 2.30. The highest BCUT2D eigenvalue weighted by molar-refractivity contribution is 5.75. The van der Waals surface area contributed by atoms with Gasteiger partial charge in [-0.1, -0.05) is 18.2 Å². The maximum Gasteiger partial charge on any atom is 0.239 e. The summed E-state index contributed by atoms with van der Waals surface area (Å²) in [7, 11) is 2.12. The van der Waals surface area contributed by atoms with Gasteiger partial charge in [-0.3, -0.25) is 4.58 Å². The first-order chi connectivity index (χ1) is 6.36. The molecule has 68 valence electrons. The molecule has 2 nitrogen and oxygen atoms in total. The van der Waals surface area contributed by atoms with Gasteiger partial charge in [0.25, 0.3) is 0 Å². The highest BCUT2D eigenvalue weighted by Gasteiger charge is 2.15. The maximum absolute atomic E-state index is 2.30. The molecule has 1 aliphatic heterocycles. The molecule has 1 aliphatic rings. The zero-order valence-electron chi connectivity index (χ0n) is 7.98. The summed E-state index contributed by atoms with van der Waals surface area (Å²) >= 11 is 0. The number of rotatable bonds is 1. The topological polar surface area (TPSA) is 6.25 Å². The number of hydrogen-bond donors (Lipinski definition) is 0. The molecule has 1 aromatic rings. The van der Waals surface area contributed by atoms with E-state index >= 15 is 0 Å². The summed E-state index contributed by atoms with van der Waals surface area (Å²) in [5, 5.41) is 0. The van der Waals surface area contributed by atoms with Gasteiger partial charge in [0.1, 0.15) is 5.69 Å². The van der Waals surface area contributed by atoms with Crippen molar-refractivity contribution in [1.29, 1.82) is 0 Å². The molecule has 0 bridgehead atoms. The van der Waals surface area contributed by atoms with E-state index in [1.165, 1.54) is 18.7 Å². The van der Waals surface area contributed by atoms with Gasteiger partial charge in [0.2, 0.25) is 6.34 Å². The second-order valence-corrected chi connectivity index (χ2v) is 3.48. The van der Waals surface area contributed by atoms with Crippen LogP contribution in [0.5, 0.6) is 0 Å². The fourth-order valence-corrected chi connectivity index (χ4v) is 1.66. The van der Waals surface area contributed by atoms with Crippen molar-refractivity contribution < 1.29 is 4.58 Å². The molecule has 0 radical (unpaired) electrons. The normalized spacial score (nSPS) is 17.0. The van der Waals surface area contributed by atoms with Gasteiger partial charge in [-0.25, -0.2) is 4.90 Å². The molecule has 0 N–H and O–H groups in total. The molecule has 0 saturated heterocycles. The lowest BCUT2D eigenvalue weighted by atomic mass is 10.2. The summed E-state index contributed by atoms with van der Waals surface area (Å²) < 4.78 is 2.23. The Morgan fingerprint density at radius 3 is 2.69 bits per heavy atom. The van der Waals surface area contributed by atoms with Crippen molar-refractivity contribution >= 4 is 12.0 Å². The van der Waals surface area contributed by atoms with Crippen LogP contribution >= 0.6 is 0 Å². The number of nitrogens with zero attached hydrogens (tertiary/aromatic N) is 2. The minimum Gasteiger partial charge on any atom is -0.271 e. The SMILES string of the molecule is C[N+]1=CN(c2ccccc2)CCC1. The fraction of sp³-hybridized carbons (Fsp3) is 0.364. The average molecular weight is 175 g/mol. The molecule has 0 atom stereocenters. The van der Waals surface area contributed by atoms with Gasteiger partial charge < -0.3 is 0 Å². The molecule has 0 saturated carbocycles. The summed E-state index contributed by atoms with van der Waals surface area (Å²) in [4.78, 5) is 2.30. The summed E-state index contributed by atoms with van der Waals surface area (Å²) in [5.74, 6) is 0. The minimum absolute atomic E-state index is 1.13. The van der Waals surface area contributed by atoms with Crippen LogP contribution in [0.25, 0.3) is 0 Å². The number of hydrogen-bond acceptors (Lipinski definition) is 1. The monoisotopic (exact) mass is 175 g/mol. The Hall–Kier alpha value is -1.31. The number of benzene rings is 1. The van der Waals surface area contributed by atoms with Crippen LogP contribution in [0, 0.1) is 0 Å². The maximum atomic E-state index is 2.30. The minimum atomic E-state index is 1.13. The second-order valence-electron chi connectivity index (χ2n) is 3.48. The smallest absolute Gasteiger partial charge is 0.239 e. The van der Waals surface area contributed by atoms with Crippen LogP contribution in [0.2, 0.25) is 0 Å². The molecule has 2 heteroatoms. The molecule has 0 aliphatic carbocycles. The molecule has 0 fully saturated rings. The van der Waals surface area contributed by atoms with E-state index in [1.54, 1.807) is 0 Å². The third-order valence-electron chi connectivity index (χ3n) is 2.33. The van der Waals surface area contributed by atoms with E-state index in [0.29, 0.717) is 0 Å². The van der Waals surface area contributed by atoms with Crippen molar-refractivity contribution in [2.45, 2.75) is 6.42 Å². The highest BCUT2D eigenvalue weighted by Crippen LogP contribution is 2.12. The molecular weight excluding hydrogens is 160 g/mol. The van der Waals surface area contributed by atoms with Crippen molar-refractivity contribution in [3.63, 3.8) is 0 Å². The largest absolute Gasteiger partial charge is 0.271 e. The number of para-hydroxylation sites is 1. The molecular formula is C11H15N2+. The summed E-state index contributed by atoms with van der Waals surface area (Å²) in [6.45, 7) is 2.30. The van der Waals surface area contributed by atoms with Gasteiger partial charge in [0.05, 0.1) is 20.1 Å². The average Bonchev–Trinajstić information content (AvgIpc) is 2.19. The van der Waals surface area contributed by atoms with E-state index in [9.17, 15) is 0 Å². The van der Waals surface area contributed by atoms with Crippen LogP contribution in [0.3, 0.4) is 0 Å². The first-order valence-corrected chi connectivity index (χ1v) is 4.73. The first kappa shape index (κ1) is 8.30. The summed E-state index contributed by atoms with van der Waals surface area (Å²) in [5.41, 5.74) is 1.29. The summed E-state index contributed by atoms with van der Waals surface area (Å²) in [6, 6.07) is 10.5. The van der Waals surface area contributed by atoms with Crippen LogP contribution in [0.4, 0.5) is 5.69 Å². The standard InChI is InChI=1S/C11H15N2/c1-12-8-5-9-13(10-12)11-6-3-2-4-7-11/h2-4,6-7,10H,5,8-9H2,1H3/q+1. The zero-order valence-corrected chi connectivity index (χ0v) is 7.98. The van der Waals surface area contributed by atoms with Crippen LogP contribution in [-0.2, 0) is 0 Å². The Balaban J connectivity index is 2.22. The Bertz CT molecular complexity index is 303. The first-order valence-electron chi connectivity index (χ1n) is 4.73. The predicted octanol–water partition coefficient (Wildman–Crippen LogP) is 1.57. The molecule has 0 spiro atoms. The fourth-order valence-electron chi connectivity index (χ4n) is 1.66. The van der Waals surface area contributed by atoms with E-state index in [1.807, 2.05) is 0 Å². The van der Waals surface area contributed by atoms with Gasteiger partial charge in [-0.2, -0.15) is 0 Å². The van der Waals surface area contributed by atoms with Crippen molar-refractivity contribution in [3.05, 3.63) is 30.3 Å². The molecule has 2 rings (SSSR count). The Morgan fingerprint density at radius 1 is 1.23 bits per heavy atom. The lowest BCUT2D eigenvalue weighted by molar-refractivity contribution is -0.496. The van der Waals surface area contributed by atoms with Crippen LogP contribution in [0.1, 0.15) is 6.42 Å². The predicted molar refractivity (Wildman–Crippen MR) is 55.5 cm³/mol. The number of anilines is 1. The van der Waals surface area contributed by atoms with Gasteiger partial charge in [-0.15, -0.1) is 0 Å².